The third-order valence-corrected chi connectivity index (χ3v) is 4.90. The molecule has 0 bridgehead atoms. The highest BCUT2D eigenvalue weighted by Crippen LogP contribution is 2.29. The molecule has 1 aliphatic carbocycles. The van der Waals surface area contributed by atoms with Gasteiger partial charge in [-0.1, -0.05) is 24.4 Å². The van der Waals surface area contributed by atoms with Crippen molar-refractivity contribution in [1.29, 1.82) is 0 Å². The third kappa shape index (κ3) is 3.44. The summed E-state index contributed by atoms with van der Waals surface area (Å²) in [5.74, 6) is 0. The van der Waals surface area contributed by atoms with Gasteiger partial charge in [0, 0.05) is 24.1 Å². The van der Waals surface area contributed by atoms with Gasteiger partial charge in [0.2, 0.25) is 0 Å². The van der Waals surface area contributed by atoms with Crippen LogP contribution in [0, 0.1) is 0 Å². The van der Waals surface area contributed by atoms with Gasteiger partial charge in [0.05, 0.1) is 10.4 Å². The fourth-order valence-electron chi connectivity index (χ4n) is 2.53. The molecule has 1 saturated carbocycles. The highest BCUT2D eigenvalue weighted by molar-refractivity contribution is 7.16. The second kappa shape index (κ2) is 6.19. The van der Waals surface area contributed by atoms with E-state index in [1.54, 1.807) is 11.3 Å². The SMILES string of the molecule is COC1CCCCC1NC(C)c1ccc(Cl)s1. The molecule has 17 heavy (non-hydrogen) atoms. The number of methoxy groups -OCH3 is 1. The van der Waals surface area contributed by atoms with Gasteiger partial charge in [-0.25, -0.2) is 0 Å². The van der Waals surface area contributed by atoms with Crippen molar-refractivity contribution in [2.45, 2.75) is 50.8 Å². The van der Waals surface area contributed by atoms with Crippen molar-refractivity contribution < 1.29 is 4.74 Å². The monoisotopic (exact) mass is 273 g/mol. The number of halogens is 1. The van der Waals surface area contributed by atoms with Crippen LogP contribution >= 0.6 is 22.9 Å². The molecule has 0 aliphatic heterocycles. The Hall–Kier alpha value is -0.0900. The van der Waals surface area contributed by atoms with Crippen LogP contribution in [-0.2, 0) is 4.74 Å². The fourth-order valence-corrected chi connectivity index (χ4v) is 3.61. The summed E-state index contributed by atoms with van der Waals surface area (Å²) >= 11 is 7.62. The van der Waals surface area contributed by atoms with Crippen LogP contribution in [0.4, 0.5) is 0 Å². The van der Waals surface area contributed by atoms with E-state index < -0.39 is 0 Å². The summed E-state index contributed by atoms with van der Waals surface area (Å²) in [7, 11) is 1.82. The Bertz CT molecular complexity index is 355. The van der Waals surface area contributed by atoms with Crippen molar-refractivity contribution in [3.8, 4) is 0 Å². The van der Waals surface area contributed by atoms with Gasteiger partial charge in [-0.15, -0.1) is 11.3 Å². The summed E-state index contributed by atoms with van der Waals surface area (Å²) < 4.78 is 6.42. The normalized spacial score (nSPS) is 27.0. The molecule has 0 aromatic carbocycles. The van der Waals surface area contributed by atoms with E-state index >= 15 is 0 Å². The van der Waals surface area contributed by atoms with Crippen molar-refractivity contribution in [3.63, 3.8) is 0 Å². The molecular weight excluding hydrogens is 254 g/mol. The molecule has 96 valence electrons. The third-order valence-electron chi connectivity index (χ3n) is 3.49. The average molecular weight is 274 g/mol. The van der Waals surface area contributed by atoms with E-state index in [1.807, 2.05) is 13.2 Å². The largest absolute Gasteiger partial charge is 0.380 e. The number of hydrogen-bond acceptors (Lipinski definition) is 3. The van der Waals surface area contributed by atoms with Gasteiger partial charge in [0.1, 0.15) is 0 Å². The maximum absolute atomic E-state index is 5.97. The zero-order chi connectivity index (χ0) is 12.3. The first-order valence-electron chi connectivity index (χ1n) is 6.25. The Labute approximate surface area is 112 Å². The Kier molecular flexibility index (Phi) is 4.86. The summed E-state index contributed by atoms with van der Waals surface area (Å²) in [5.41, 5.74) is 0. The molecule has 0 amide bonds. The van der Waals surface area contributed by atoms with E-state index in [0.717, 1.165) is 4.34 Å². The molecule has 0 saturated heterocycles. The number of nitrogens with one attached hydrogen (secondary N) is 1. The maximum atomic E-state index is 5.97. The number of rotatable bonds is 4. The zero-order valence-electron chi connectivity index (χ0n) is 10.4. The van der Waals surface area contributed by atoms with Gasteiger partial charge in [-0.3, -0.25) is 0 Å². The van der Waals surface area contributed by atoms with Crippen LogP contribution in [0.3, 0.4) is 0 Å². The molecule has 1 aromatic rings. The summed E-state index contributed by atoms with van der Waals surface area (Å²) in [6.07, 6.45) is 5.33. The molecule has 2 rings (SSSR count). The summed E-state index contributed by atoms with van der Waals surface area (Å²) in [6.45, 7) is 2.20. The number of thiophene rings is 1. The summed E-state index contributed by atoms with van der Waals surface area (Å²) in [6, 6.07) is 4.90. The molecule has 1 fully saturated rings. The molecular formula is C13H20ClNOS. The lowest BCUT2D eigenvalue weighted by Crippen LogP contribution is -2.43. The first-order valence-corrected chi connectivity index (χ1v) is 7.44. The molecule has 4 heteroatoms. The van der Waals surface area contributed by atoms with E-state index in [-0.39, 0.29) is 0 Å². The quantitative estimate of drug-likeness (QED) is 0.895. The highest BCUT2D eigenvalue weighted by Gasteiger charge is 2.26. The van der Waals surface area contributed by atoms with Crippen LogP contribution in [0.15, 0.2) is 12.1 Å². The molecule has 3 unspecified atom stereocenters. The second-order valence-corrected chi connectivity index (χ2v) is 6.44. The van der Waals surface area contributed by atoms with Crippen molar-refractivity contribution in [2.24, 2.45) is 0 Å². The van der Waals surface area contributed by atoms with Crippen LogP contribution in [0.1, 0.15) is 43.5 Å². The van der Waals surface area contributed by atoms with Crippen LogP contribution in [0.25, 0.3) is 0 Å². The van der Waals surface area contributed by atoms with E-state index in [4.69, 9.17) is 16.3 Å². The molecule has 2 nitrogen and oxygen atoms in total. The minimum Gasteiger partial charge on any atom is -0.380 e. The lowest BCUT2D eigenvalue weighted by Gasteiger charge is -2.33. The van der Waals surface area contributed by atoms with E-state index in [0.29, 0.717) is 18.2 Å². The second-order valence-electron chi connectivity index (χ2n) is 4.70. The predicted octanol–water partition coefficient (Wildman–Crippen LogP) is 4.01. The highest BCUT2D eigenvalue weighted by atomic mass is 35.5. The van der Waals surface area contributed by atoms with Crippen LogP contribution in [0.2, 0.25) is 4.34 Å². The van der Waals surface area contributed by atoms with Crippen molar-refractivity contribution in [2.75, 3.05) is 7.11 Å². The molecule has 1 aromatic heterocycles. The standard InChI is InChI=1S/C13H20ClNOS/c1-9(12-7-8-13(14)17-12)15-10-5-3-4-6-11(10)16-2/h7-11,15H,3-6H2,1-2H3. The Morgan fingerprint density at radius 2 is 2.18 bits per heavy atom. The Morgan fingerprint density at radius 1 is 1.41 bits per heavy atom. The first-order chi connectivity index (χ1) is 8.20. The van der Waals surface area contributed by atoms with Crippen molar-refractivity contribution in [1.82, 2.24) is 5.32 Å². The van der Waals surface area contributed by atoms with E-state index in [2.05, 4.69) is 18.3 Å². The fraction of sp³-hybridized carbons (Fsp3) is 0.692. The van der Waals surface area contributed by atoms with E-state index in [1.165, 1.54) is 30.6 Å². The van der Waals surface area contributed by atoms with Gasteiger partial charge < -0.3 is 10.1 Å². The Morgan fingerprint density at radius 3 is 2.82 bits per heavy atom. The molecule has 3 atom stereocenters. The van der Waals surface area contributed by atoms with Gasteiger partial charge in [0.25, 0.3) is 0 Å². The Balaban J connectivity index is 1.94. The van der Waals surface area contributed by atoms with Crippen LogP contribution in [-0.4, -0.2) is 19.3 Å². The lowest BCUT2D eigenvalue weighted by molar-refractivity contribution is 0.0385. The molecule has 1 heterocycles. The molecule has 0 radical (unpaired) electrons. The average Bonchev–Trinajstić information content (AvgIpc) is 2.77. The summed E-state index contributed by atoms with van der Waals surface area (Å²) in [5, 5.41) is 3.68. The zero-order valence-corrected chi connectivity index (χ0v) is 12.0. The van der Waals surface area contributed by atoms with Crippen molar-refractivity contribution >= 4 is 22.9 Å². The van der Waals surface area contributed by atoms with Gasteiger partial charge >= 0.3 is 0 Å². The van der Waals surface area contributed by atoms with Crippen LogP contribution in [0.5, 0.6) is 0 Å². The number of hydrogen-bond donors (Lipinski definition) is 1. The first kappa shape index (κ1) is 13.3. The smallest absolute Gasteiger partial charge is 0.0931 e. The van der Waals surface area contributed by atoms with Crippen molar-refractivity contribution in [3.05, 3.63) is 21.3 Å². The van der Waals surface area contributed by atoms with E-state index in [9.17, 15) is 0 Å². The topological polar surface area (TPSA) is 21.3 Å². The molecule has 1 N–H and O–H groups in total. The maximum Gasteiger partial charge on any atom is 0.0931 e. The van der Waals surface area contributed by atoms with Gasteiger partial charge in [-0.05, 0) is 31.9 Å². The minimum absolute atomic E-state index is 0.355. The van der Waals surface area contributed by atoms with Gasteiger partial charge in [0.15, 0.2) is 0 Å². The predicted molar refractivity (Wildman–Crippen MR) is 73.9 cm³/mol. The molecule has 1 aliphatic rings. The molecule has 0 spiro atoms. The minimum atomic E-state index is 0.355. The summed E-state index contributed by atoms with van der Waals surface area (Å²) in [4.78, 5) is 1.30. The lowest BCUT2D eigenvalue weighted by atomic mass is 9.92. The van der Waals surface area contributed by atoms with Gasteiger partial charge in [-0.2, -0.15) is 0 Å². The van der Waals surface area contributed by atoms with Crippen LogP contribution < -0.4 is 5.32 Å². The number of ether oxygens (including phenoxy) is 1.